The van der Waals surface area contributed by atoms with E-state index in [1.165, 1.54) is 49.5 Å². The lowest BCUT2D eigenvalue weighted by Gasteiger charge is -2.39. The van der Waals surface area contributed by atoms with Gasteiger partial charge in [-0.15, -0.1) is 0 Å². The van der Waals surface area contributed by atoms with Gasteiger partial charge >= 0.3 is 0 Å². The molecule has 1 aliphatic carbocycles. The van der Waals surface area contributed by atoms with Crippen LogP contribution in [0, 0.1) is 6.92 Å². The quantitative estimate of drug-likeness (QED) is 0.713. The fourth-order valence-electron chi connectivity index (χ4n) is 4.32. The Morgan fingerprint density at radius 2 is 1.71 bits per heavy atom. The van der Waals surface area contributed by atoms with Crippen LogP contribution in [0.25, 0.3) is 6.08 Å². The molecule has 0 radical (unpaired) electrons. The molecule has 3 heteroatoms. The number of rotatable bonds is 4. The third-order valence-electron chi connectivity index (χ3n) is 5.67. The number of aryl methyl sites for hydroxylation is 1. The summed E-state index contributed by atoms with van der Waals surface area (Å²) in [7, 11) is 0. The highest BCUT2D eigenvalue weighted by molar-refractivity contribution is 5.57. The third-order valence-corrected chi connectivity index (χ3v) is 5.67. The Morgan fingerprint density at radius 3 is 2.36 bits per heavy atom. The van der Waals surface area contributed by atoms with Crippen molar-refractivity contribution in [2.75, 3.05) is 13.1 Å². The zero-order chi connectivity index (χ0) is 19.9. The van der Waals surface area contributed by atoms with Gasteiger partial charge in [-0.25, -0.2) is 0 Å². The number of aldehydes is 1. The summed E-state index contributed by atoms with van der Waals surface area (Å²) in [6.07, 6.45) is 7.57. The van der Waals surface area contributed by atoms with Crippen molar-refractivity contribution in [1.29, 1.82) is 0 Å². The van der Waals surface area contributed by atoms with Gasteiger partial charge in [0.05, 0.1) is 6.04 Å². The summed E-state index contributed by atoms with van der Waals surface area (Å²) in [5.74, 6) is 0.967. The van der Waals surface area contributed by atoms with Crippen molar-refractivity contribution in [3.05, 3.63) is 71.3 Å². The Balaban J connectivity index is 0.000000706. The SMILES string of the molecule is C=Cc1cc(C)ccc1OC1Cc2ccccc2CC1N1CCCC1.CC=O. The normalized spacial score (nSPS) is 21.2. The average molecular weight is 378 g/mol. The number of carbonyl (C=O) groups excluding carboxylic acids is 1. The largest absolute Gasteiger partial charge is 0.488 e. The first-order valence-corrected chi connectivity index (χ1v) is 10.3. The zero-order valence-electron chi connectivity index (χ0n) is 17.1. The van der Waals surface area contributed by atoms with Crippen molar-refractivity contribution >= 4 is 12.4 Å². The molecule has 0 amide bonds. The predicted molar refractivity (Wildman–Crippen MR) is 116 cm³/mol. The van der Waals surface area contributed by atoms with Crippen molar-refractivity contribution in [3.63, 3.8) is 0 Å². The number of carbonyl (C=O) groups is 1. The first-order chi connectivity index (χ1) is 13.7. The average Bonchev–Trinajstić information content (AvgIpc) is 3.24. The van der Waals surface area contributed by atoms with Crippen LogP contribution < -0.4 is 4.74 Å². The zero-order valence-corrected chi connectivity index (χ0v) is 17.1. The summed E-state index contributed by atoms with van der Waals surface area (Å²) >= 11 is 0. The highest BCUT2D eigenvalue weighted by Crippen LogP contribution is 2.31. The van der Waals surface area contributed by atoms with Gasteiger partial charge in [-0.3, -0.25) is 4.90 Å². The molecule has 2 aromatic carbocycles. The second-order valence-corrected chi connectivity index (χ2v) is 7.62. The molecule has 1 heterocycles. The van der Waals surface area contributed by atoms with Gasteiger partial charge in [-0.1, -0.05) is 48.6 Å². The van der Waals surface area contributed by atoms with E-state index in [0.29, 0.717) is 6.04 Å². The van der Waals surface area contributed by atoms with Crippen molar-refractivity contribution < 1.29 is 9.53 Å². The van der Waals surface area contributed by atoms with E-state index in [-0.39, 0.29) is 6.10 Å². The highest BCUT2D eigenvalue weighted by atomic mass is 16.5. The molecule has 1 aliphatic heterocycles. The molecule has 28 heavy (non-hydrogen) atoms. The Hall–Kier alpha value is -2.39. The molecular weight excluding hydrogens is 346 g/mol. The number of hydrogen-bond donors (Lipinski definition) is 0. The van der Waals surface area contributed by atoms with Gasteiger partial charge in [0.15, 0.2) is 0 Å². The fourth-order valence-corrected chi connectivity index (χ4v) is 4.32. The maximum absolute atomic E-state index is 8.81. The summed E-state index contributed by atoms with van der Waals surface area (Å²) in [6, 6.07) is 15.7. The maximum atomic E-state index is 8.81. The fraction of sp³-hybridized carbons (Fsp3) is 0.400. The lowest BCUT2D eigenvalue weighted by molar-refractivity contribution is -0.106. The molecule has 0 saturated carbocycles. The van der Waals surface area contributed by atoms with Crippen LogP contribution in [-0.4, -0.2) is 36.4 Å². The first kappa shape index (κ1) is 20.3. The van der Waals surface area contributed by atoms with Crippen LogP contribution in [0.15, 0.2) is 49.0 Å². The molecule has 0 bridgehead atoms. The van der Waals surface area contributed by atoms with E-state index in [0.717, 1.165) is 30.4 Å². The number of fused-ring (bicyclic) bond motifs is 1. The van der Waals surface area contributed by atoms with Crippen molar-refractivity contribution in [1.82, 2.24) is 4.90 Å². The summed E-state index contributed by atoms with van der Waals surface area (Å²) in [4.78, 5) is 11.4. The third kappa shape index (κ3) is 4.71. The van der Waals surface area contributed by atoms with Crippen LogP contribution >= 0.6 is 0 Å². The topological polar surface area (TPSA) is 29.5 Å². The van der Waals surface area contributed by atoms with Crippen LogP contribution in [0.5, 0.6) is 5.75 Å². The van der Waals surface area contributed by atoms with E-state index in [4.69, 9.17) is 9.53 Å². The molecule has 0 N–H and O–H groups in total. The number of hydrogen-bond acceptors (Lipinski definition) is 3. The van der Waals surface area contributed by atoms with E-state index in [1.807, 2.05) is 6.08 Å². The van der Waals surface area contributed by atoms with E-state index >= 15 is 0 Å². The van der Waals surface area contributed by atoms with Crippen molar-refractivity contribution in [2.45, 2.75) is 51.7 Å². The van der Waals surface area contributed by atoms with E-state index < -0.39 is 0 Å². The van der Waals surface area contributed by atoms with Gasteiger partial charge in [-0.2, -0.15) is 0 Å². The summed E-state index contributed by atoms with van der Waals surface area (Å²) in [5, 5.41) is 0. The Kier molecular flexibility index (Phi) is 7.05. The minimum atomic E-state index is 0.203. The molecule has 2 aromatic rings. The van der Waals surface area contributed by atoms with Crippen LogP contribution in [0.4, 0.5) is 0 Å². The Morgan fingerprint density at radius 1 is 1.07 bits per heavy atom. The van der Waals surface area contributed by atoms with Crippen LogP contribution in [-0.2, 0) is 17.6 Å². The van der Waals surface area contributed by atoms with Crippen LogP contribution in [0.1, 0.15) is 42.0 Å². The molecular formula is C25H31NO2. The molecule has 3 nitrogen and oxygen atoms in total. The van der Waals surface area contributed by atoms with Gasteiger partial charge in [0.1, 0.15) is 18.1 Å². The van der Waals surface area contributed by atoms with E-state index in [2.05, 4.69) is 60.9 Å². The molecule has 0 spiro atoms. The molecule has 1 saturated heterocycles. The van der Waals surface area contributed by atoms with Crippen molar-refractivity contribution in [2.24, 2.45) is 0 Å². The minimum absolute atomic E-state index is 0.203. The van der Waals surface area contributed by atoms with Gasteiger partial charge < -0.3 is 9.53 Å². The minimum Gasteiger partial charge on any atom is -0.488 e. The molecule has 1 fully saturated rings. The number of nitrogens with zero attached hydrogens (tertiary/aromatic N) is 1. The lowest BCUT2D eigenvalue weighted by Crippen LogP contribution is -2.49. The first-order valence-electron chi connectivity index (χ1n) is 10.3. The number of likely N-dealkylation sites (tertiary alicyclic amines) is 1. The molecule has 2 atom stereocenters. The number of benzene rings is 2. The van der Waals surface area contributed by atoms with Gasteiger partial charge in [0, 0.05) is 12.0 Å². The second-order valence-electron chi connectivity index (χ2n) is 7.62. The molecule has 0 aromatic heterocycles. The summed E-state index contributed by atoms with van der Waals surface area (Å²) in [6.45, 7) is 9.93. The second kappa shape index (κ2) is 9.70. The Labute approximate surface area is 169 Å². The van der Waals surface area contributed by atoms with Gasteiger partial charge in [0.2, 0.25) is 0 Å². The monoisotopic (exact) mass is 377 g/mol. The smallest absolute Gasteiger partial charge is 0.127 e. The number of ether oxygens (including phenoxy) is 1. The van der Waals surface area contributed by atoms with Gasteiger partial charge in [0.25, 0.3) is 0 Å². The van der Waals surface area contributed by atoms with Gasteiger partial charge in [-0.05, 0) is 69.5 Å². The lowest BCUT2D eigenvalue weighted by atomic mass is 9.85. The highest BCUT2D eigenvalue weighted by Gasteiger charge is 2.35. The summed E-state index contributed by atoms with van der Waals surface area (Å²) < 4.78 is 6.60. The van der Waals surface area contributed by atoms with Crippen LogP contribution in [0.2, 0.25) is 0 Å². The predicted octanol–water partition coefficient (Wildman–Crippen LogP) is 4.85. The molecule has 2 aliphatic rings. The molecule has 148 valence electrons. The standard InChI is InChI=1S/C23H27NO.C2H4O/c1-3-18-14-17(2)10-11-22(18)25-23-16-20-9-5-4-8-19(20)15-21(23)24-12-6-7-13-24;1-2-3/h3-5,8-11,14,21,23H,1,6-7,12-13,15-16H2,2H3;2H,1H3. The van der Waals surface area contributed by atoms with Crippen molar-refractivity contribution in [3.8, 4) is 5.75 Å². The van der Waals surface area contributed by atoms with Crippen LogP contribution in [0.3, 0.4) is 0 Å². The van der Waals surface area contributed by atoms with E-state index in [9.17, 15) is 0 Å². The van der Waals surface area contributed by atoms with E-state index in [1.54, 1.807) is 0 Å². The molecule has 4 rings (SSSR count). The summed E-state index contributed by atoms with van der Waals surface area (Å²) in [5.41, 5.74) is 5.27. The maximum Gasteiger partial charge on any atom is 0.127 e. The molecule has 2 unspecified atom stereocenters. The Bertz CT molecular complexity index is 808.